The minimum absolute atomic E-state index is 0.267. The van der Waals surface area contributed by atoms with Gasteiger partial charge in [-0.05, 0) is 43.6 Å². The molecule has 0 aliphatic carbocycles. The van der Waals surface area contributed by atoms with Crippen molar-refractivity contribution in [3.8, 4) is 5.75 Å². The van der Waals surface area contributed by atoms with Crippen LogP contribution in [0.1, 0.15) is 43.1 Å². The molecule has 0 spiro atoms. The summed E-state index contributed by atoms with van der Waals surface area (Å²) in [6.45, 7) is 9.43. The molecule has 0 fully saturated rings. The van der Waals surface area contributed by atoms with E-state index in [0.717, 1.165) is 26.1 Å². The molecule has 0 atom stereocenters. The van der Waals surface area contributed by atoms with Crippen molar-refractivity contribution in [1.82, 2.24) is 4.90 Å². The van der Waals surface area contributed by atoms with Crippen molar-refractivity contribution < 1.29 is 14.6 Å². The molecule has 0 heterocycles. The molecule has 0 saturated carbocycles. The molecular weight excluding hydrogens is 268 g/mol. The molecule has 1 aromatic rings. The molecule has 0 unspecified atom stereocenters. The Morgan fingerprint density at radius 1 is 1.29 bits per heavy atom. The number of nitrogen functional groups attached to an aromatic ring is 1. The number of nitrogens with two attached hydrogens (primary N) is 1. The third-order valence-electron chi connectivity index (χ3n) is 3.58. The van der Waals surface area contributed by atoms with Crippen molar-refractivity contribution in [1.29, 1.82) is 0 Å². The predicted molar refractivity (Wildman–Crippen MR) is 85.1 cm³/mol. The number of benzene rings is 1. The maximum Gasteiger partial charge on any atom is 0.336 e. The van der Waals surface area contributed by atoms with Gasteiger partial charge in [0.1, 0.15) is 5.75 Å². The van der Waals surface area contributed by atoms with Crippen LogP contribution in [0.3, 0.4) is 0 Å². The lowest BCUT2D eigenvalue weighted by Gasteiger charge is -2.20. The van der Waals surface area contributed by atoms with Crippen molar-refractivity contribution in [2.45, 2.75) is 33.6 Å². The van der Waals surface area contributed by atoms with Crippen molar-refractivity contribution in [3.05, 3.63) is 23.3 Å². The largest absolute Gasteiger partial charge is 0.491 e. The van der Waals surface area contributed by atoms with Crippen LogP contribution in [-0.4, -0.2) is 42.2 Å². The number of carbonyl (C=O) groups is 1. The summed E-state index contributed by atoms with van der Waals surface area (Å²) in [6, 6.07) is 3.23. The van der Waals surface area contributed by atoms with Gasteiger partial charge in [0.05, 0.1) is 17.9 Å². The average molecular weight is 294 g/mol. The third kappa shape index (κ3) is 4.63. The molecule has 0 saturated heterocycles. The van der Waals surface area contributed by atoms with Crippen LogP contribution >= 0.6 is 0 Å². The number of anilines is 1. The molecule has 0 aliphatic heterocycles. The van der Waals surface area contributed by atoms with E-state index in [9.17, 15) is 9.90 Å². The highest BCUT2D eigenvalue weighted by atomic mass is 16.5. The molecule has 0 aliphatic rings. The minimum atomic E-state index is -0.946. The van der Waals surface area contributed by atoms with Crippen molar-refractivity contribution >= 4 is 11.7 Å². The second kappa shape index (κ2) is 8.52. The summed E-state index contributed by atoms with van der Waals surface area (Å²) in [5.74, 6) is -0.366. The lowest BCUT2D eigenvalue weighted by atomic mass is 10.0. The number of carboxylic acid groups (broad SMARTS) is 1. The monoisotopic (exact) mass is 294 g/mol. The first-order valence-electron chi connectivity index (χ1n) is 7.54. The lowest BCUT2D eigenvalue weighted by molar-refractivity contribution is 0.0695. The van der Waals surface area contributed by atoms with E-state index in [0.29, 0.717) is 30.0 Å². The Kier molecular flexibility index (Phi) is 7.02. The molecule has 5 heteroatoms. The summed E-state index contributed by atoms with van der Waals surface area (Å²) in [4.78, 5) is 13.6. The van der Waals surface area contributed by atoms with Crippen LogP contribution in [0.25, 0.3) is 0 Å². The van der Waals surface area contributed by atoms with Gasteiger partial charge in [-0.25, -0.2) is 4.79 Å². The molecule has 1 aromatic carbocycles. The van der Waals surface area contributed by atoms with E-state index in [1.807, 2.05) is 6.92 Å². The van der Waals surface area contributed by atoms with E-state index < -0.39 is 5.97 Å². The number of carboxylic acids is 1. The smallest absolute Gasteiger partial charge is 0.336 e. The maximum atomic E-state index is 11.4. The van der Waals surface area contributed by atoms with Gasteiger partial charge in [-0.1, -0.05) is 20.8 Å². The van der Waals surface area contributed by atoms with Gasteiger partial charge in [-0.2, -0.15) is 0 Å². The summed E-state index contributed by atoms with van der Waals surface area (Å²) in [5, 5.41) is 9.33. The maximum absolute atomic E-state index is 11.4. The summed E-state index contributed by atoms with van der Waals surface area (Å²) in [6.07, 6.45) is 1.49. The van der Waals surface area contributed by atoms with Gasteiger partial charge in [-0.15, -0.1) is 0 Å². The SMILES string of the molecule is CCCOc1ccc(C(=O)O)c(CCN(CC)CC)c1N. The first-order chi connectivity index (χ1) is 10.0. The fraction of sp³-hybridized carbons (Fsp3) is 0.562. The van der Waals surface area contributed by atoms with Crippen LogP contribution in [0, 0.1) is 0 Å². The van der Waals surface area contributed by atoms with E-state index in [1.165, 1.54) is 0 Å². The predicted octanol–water partition coefficient (Wildman–Crippen LogP) is 2.64. The Balaban J connectivity index is 3.03. The van der Waals surface area contributed by atoms with Crippen LogP contribution in [0.5, 0.6) is 5.75 Å². The Morgan fingerprint density at radius 3 is 2.48 bits per heavy atom. The molecule has 1 rings (SSSR count). The van der Waals surface area contributed by atoms with Crippen LogP contribution in [0.15, 0.2) is 12.1 Å². The van der Waals surface area contributed by atoms with E-state index >= 15 is 0 Å². The van der Waals surface area contributed by atoms with Crippen molar-refractivity contribution in [2.24, 2.45) is 0 Å². The van der Waals surface area contributed by atoms with Gasteiger partial charge in [0, 0.05) is 6.54 Å². The second-order valence-corrected chi connectivity index (χ2v) is 4.93. The zero-order valence-corrected chi connectivity index (χ0v) is 13.2. The first kappa shape index (κ1) is 17.3. The quantitative estimate of drug-likeness (QED) is 0.685. The molecule has 5 nitrogen and oxygen atoms in total. The fourth-order valence-corrected chi connectivity index (χ4v) is 2.26. The molecule has 118 valence electrons. The van der Waals surface area contributed by atoms with Gasteiger partial charge in [0.15, 0.2) is 0 Å². The summed E-state index contributed by atoms with van der Waals surface area (Å²) < 4.78 is 5.59. The average Bonchev–Trinajstić information content (AvgIpc) is 2.47. The number of likely N-dealkylation sites (N-methyl/N-ethyl adjacent to an activating group) is 1. The van der Waals surface area contributed by atoms with Crippen LogP contribution in [0.2, 0.25) is 0 Å². The van der Waals surface area contributed by atoms with Gasteiger partial charge >= 0.3 is 5.97 Å². The Labute approximate surface area is 126 Å². The molecule has 0 radical (unpaired) electrons. The fourth-order valence-electron chi connectivity index (χ4n) is 2.26. The Bertz CT molecular complexity index is 471. The summed E-state index contributed by atoms with van der Waals surface area (Å²) in [7, 11) is 0. The van der Waals surface area contributed by atoms with Crippen molar-refractivity contribution in [3.63, 3.8) is 0 Å². The van der Waals surface area contributed by atoms with Gasteiger partial charge in [0.25, 0.3) is 0 Å². The Hall–Kier alpha value is -1.75. The van der Waals surface area contributed by atoms with E-state index in [1.54, 1.807) is 12.1 Å². The number of aromatic carboxylic acids is 1. The molecule has 0 aromatic heterocycles. The number of ether oxygens (including phenoxy) is 1. The number of hydrogen-bond donors (Lipinski definition) is 2. The first-order valence-corrected chi connectivity index (χ1v) is 7.54. The number of nitrogens with zero attached hydrogens (tertiary/aromatic N) is 1. The van der Waals surface area contributed by atoms with E-state index in [2.05, 4.69) is 18.7 Å². The molecule has 21 heavy (non-hydrogen) atoms. The van der Waals surface area contributed by atoms with Crippen molar-refractivity contribution in [2.75, 3.05) is 32.0 Å². The van der Waals surface area contributed by atoms with E-state index in [4.69, 9.17) is 10.5 Å². The zero-order valence-electron chi connectivity index (χ0n) is 13.2. The molecule has 0 bridgehead atoms. The molecule has 0 amide bonds. The molecular formula is C16H26N2O3. The summed E-state index contributed by atoms with van der Waals surface area (Å²) >= 11 is 0. The topological polar surface area (TPSA) is 75.8 Å². The number of hydrogen-bond acceptors (Lipinski definition) is 4. The van der Waals surface area contributed by atoms with Gasteiger partial charge in [0.2, 0.25) is 0 Å². The normalized spacial score (nSPS) is 10.9. The van der Waals surface area contributed by atoms with E-state index in [-0.39, 0.29) is 5.56 Å². The third-order valence-corrected chi connectivity index (χ3v) is 3.58. The van der Waals surface area contributed by atoms with Crippen LogP contribution in [0.4, 0.5) is 5.69 Å². The highest BCUT2D eigenvalue weighted by molar-refractivity contribution is 5.92. The number of rotatable bonds is 9. The minimum Gasteiger partial charge on any atom is -0.491 e. The van der Waals surface area contributed by atoms with Gasteiger partial charge in [-0.3, -0.25) is 0 Å². The van der Waals surface area contributed by atoms with Crippen LogP contribution in [-0.2, 0) is 6.42 Å². The molecule has 3 N–H and O–H groups in total. The van der Waals surface area contributed by atoms with Gasteiger partial charge < -0.3 is 20.5 Å². The standard InChI is InChI=1S/C16H26N2O3/c1-4-11-21-14-8-7-13(16(19)20)12(15(14)17)9-10-18(5-2)6-3/h7-8H,4-6,9-11,17H2,1-3H3,(H,19,20). The second-order valence-electron chi connectivity index (χ2n) is 4.93. The van der Waals surface area contributed by atoms with Crippen LogP contribution < -0.4 is 10.5 Å². The lowest BCUT2D eigenvalue weighted by Crippen LogP contribution is -2.26. The highest BCUT2D eigenvalue weighted by Gasteiger charge is 2.17. The highest BCUT2D eigenvalue weighted by Crippen LogP contribution is 2.29. The summed E-state index contributed by atoms with van der Waals surface area (Å²) in [5.41, 5.74) is 7.52. The Morgan fingerprint density at radius 2 is 1.95 bits per heavy atom. The zero-order chi connectivity index (χ0) is 15.8.